The van der Waals surface area contributed by atoms with Crippen molar-refractivity contribution in [3.63, 3.8) is 0 Å². The first-order valence-corrected chi connectivity index (χ1v) is 6.21. The van der Waals surface area contributed by atoms with E-state index in [0.717, 1.165) is 0 Å². The molecule has 0 heterocycles. The van der Waals surface area contributed by atoms with Gasteiger partial charge in [0.1, 0.15) is 0 Å². The van der Waals surface area contributed by atoms with E-state index in [2.05, 4.69) is 0 Å². The van der Waals surface area contributed by atoms with E-state index in [1.807, 2.05) is 13.8 Å². The van der Waals surface area contributed by atoms with Crippen LogP contribution >= 0.6 is 12.2 Å². The van der Waals surface area contributed by atoms with Crippen molar-refractivity contribution in [2.75, 3.05) is 20.3 Å². The van der Waals surface area contributed by atoms with Gasteiger partial charge in [-0.25, -0.2) is 0 Å². The molecule has 0 spiro atoms. The molecule has 0 aromatic heterocycles. The molecular formula is C7H16NaO3SSi. The summed E-state index contributed by atoms with van der Waals surface area (Å²) in [7, 11) is -0.000425. The summed E-state index contributed by atoms with van der Waals surface area (Å²) in [6, 6.07) is 0.660. The Kier molecular flexibility index (Phi) is 14.1. The molecule has 0 aliphatic heterocycles. The molecule has 0 saturated heterocycles. The Morgan fingerprint density at radius 2 is 1.69 bits per heavy atom. The molecule has 0 N–H and O–H groups in total. The smallest absolute Gasteiger partial charge is 0.330 e. The SMILES string of the molecule is CCO[SiH](CC(=S)OC)OCC.[Na]. The molecule has 73 valence electrons. The summed E-state index contributed by atoms with van der Waals surface area (Å²) >= 11 is 4.91. The van der Waals surface area contributed by atoms with E-state index in [-0.39, 0.29) is 29.6 Å². The Balaban J connectivity index is 0. The molecule has 0 aliphatic rings. The molecule has 3 nitrogen and oxygen atoms in total. The molecule has 13 heavy (non-hydrogen) atoms. The fourth-order valence-electron chi connectivity index (χ4n) is 0.757. The third kappa shape index (κ3) is 9.33. The van der Waals surface area contributed by atoms with E-state index < -0.39 is 9.28 Å². The van der Waals surface area contributed by atoms with Gasteiger partial charge >= 0.3 is 9.28 Å². The Morgan fingerprint density at radius 3 is 2.00 bits per heavy atom. The van der Waals surface area contributed by atoms with Crippen molar-refractivity contribution in [2.45, 2.75) is 19.9 Å². The summed E-state index contributed by atoms with van der Waals surface area (Å²) in [6.07, 6.45) is 0. The van der Waals surface area contributed by atoms with Gasteiger partial charge in [-0.1, -0.05) is 0 Å². The van der Waals surface area contributed by atoms with Crippen molar-refractivity contribution in [1.29, 1.82) is 0 Å². The quantitative estimate of drug-likeness (QED) is 0.501. The number of ether oxygens (including phenoxy) is 1. The van der Waals surface area contributed by atoms with Crippen molar-refractivity contribution in [1.82, 2.24) is 0 Å². The van der Waals surface area contributed by atoms with Crippen molar-refractivity contribution in [3.05, 3.63) is 0 Å². The molecule has 0 saturated carbocycles. The largest absolute Gasteiger partial charge is 0.490 e. The number of methoxy groups -OCH3 is 1. The molecule has 0 amide bonds. The predicted octanol–water partition coefficient (Wildman–Crippen LogP) is 0.873. The van der Waals surface area contributed by atoms with E-state index >= 15 is 0 Å². The van der Waals surface area contributed by atoms with Crippen LogP contribution < -0.4 is 0 Å². The Bertz CT molecular complexity index is 131. The van der Waals surface area contributed by atoms with Gasteiger partial charge in [-0.05, 0) is 26.1 Å². The van der Waals surface area contributed by atoms with Crippen LogP contribution in [0.5, 0.6) is 0 Å². The molecule has 1 radical (unpaired) electrons. The fourth-order valence-corrected chi connectivity index (χ4v) is 2.68. The maximum absolute atomic E-state index is 5.40. The Labute approximate surface area is 109 Å². The van der Waals surface area contributed by atoms with Crippen LogP contribution in [0.3, 0.4) is 0 Å². The van der Waals surface area contributed by atoms with Crippen molar-refractivity contribution >= 4 is 56.1 Å². The maximum Gasteiger partial charge on any atom is 0.330 e. The van der Waals surface area contributed by atoms with Gasteiger partial charge in [-0.15, -0.1) is 0 Å². The van der Waals surface area contributed by atoms with Gasteiger partial charge in [0, 0.05) is 42.8 Å². The van der Waals surface area contributed by atoms with E-state index in [1.165, 1.54) is 0 Å². The van der Waals surface area contributed by atoms with Crippen LogP contribution in [0.25, 0.3) is 0 Å². The second-order valence-corrected chi connectivity index (χ2v) is 4.51. The summed E-state index contributed by atoms with van der Waals surface area (Å²) in [5, 5.41) is 0.577. The molecule has 0 aromatic carbocycles. The van der Waals surface area contributed by atoms with Crippen LogP contribution in [0.2, 0.25) is 6.04 Å². The molecule has 0 atom stereocenters. The van der Waals surface area contributed by atoms with Crippen LogP contribution in [0.15, 0.2) is 0 Å². The van der Waals surface area contributed by atoms with E-state index in [9.17, 15) is 0 Å². The molecule has 0 bridgehead atoms. The van der Waals surface area contributed by atoms with E-state index in [4.69, 9.17) is 25.8 Å². The number of thiocarbonyl (C=S) groups is 1. The minimum atomic E-state index is -1.58. The van der Waals surface area contributed by atoms with Gasteiger partial charge in [0.25, 0.3) is 0 Å². The third-order valence-electron chi connectivity index (χ3n) is 1.27. The average molecular weight is 231 g/mol. The van der Waals surface area contributed by atoms with Crippen molar-refractivity contribution < 1.29 is 13.6 Å². The molecule has 0 fully saturated rings. The first kappa shape index (κ1) is 16.5. The summed E-state index contributed by atoms with van der Waals surface area (Å²) in [5.41, 5.74) is 0. The minimum Gasteiger partial charge on any atom is -0.490 e. The van der Waals surface area contributed by atoms with Crippen LogP contribution in [-0.2, 0) is 13.6 Å². The third-order valence-corrected chi connectivity index (χ3v) is 4.01. The zero-order valence-electron chi connectivity index (χ0n) is 8.83. The Hall–Kier alpha value is 1.03. The van der Waals surface area contributed by atoms with Gasteiger partial charge in [0.2, 0.25) is 0 Å². The normalized spacial score (nSPS) is 9.54. The van der Waals surface area contributed by atoms with Gasteiger partial charge in [-0.3, -0.25) is 0 Å². The number of rotatable bonds is 6. The van der Waals surface area contributed by atoms with E-state index in [0.29, 0.717) is 24.3 Å². The molecule has 0 unspecified atom stereocenters. The second kappa shape index (κ2) is 11.1. The molecular weight excluding hydrogens is 215 g/mol. The maximum atomic E-state index is 5.40. The molecule has 0 rings (SSSR count). The fraction of sp³-hybridized carbons (Fsp3) is 0.857. The van der Waals surface area contributed by atoms with Gasteiger partial charge in [0.05, 0.1) is 13.2 Å². The second-order valence-electron chi connectivity index (χ2n) is 2.12. The van der Waals surface area contributed by atoms with Crippen LogP contribution in [-0.4, -0.2) is 64.2 Å². The molecule has 6 heteroatoms. The zero-order valence-corrected chi connectivity index (χ0v) is 12.8. The van der Waals surface area contributed by atoms with Crippen LogP contribution in [0.1, 0.15) is 13.8 Å². The summed E-state index contributed by atoms with van der Waals surface area (Å²) < 4.78 is 15.7. The van der Waals surface area contributed by atoms with Gasteiger partial charge in [0.15, 0.2) is 5.05 Å². The minimum absolute atomic E-state index is 0. The zero-order chi connectivity index (χ0) is 9.40. The molecule has 0 aromatic rings. The van der Waals surface area contributed by atoms with Crippen LogP contribution in [0.4, 0.5) is 0 Å². The van der Waals surface area contributed by atoms with Crippen molar-refractivity contribution in [3.8, 4) is 0 Å². The van der Waals surface area contributed by atoms with Gasteiger partial charge < -0.3 is 13.6 Å². The van der Waals surface area contributed by atoms with Crippen LogP contribution in [0, 0.1) is 0 Å². The summed E-state index contributed by atoms with van der Waals surface area (Å²) in [5.74, 6) is 0. The standard InChI is InChI=1S/C7H16O3SSi.Na/c1-4-9-12(10-5-2)6-7(11)8-3;/h12H,4-6H2,1-3H3;. The number of hydrogen-bond acceptors (Lipinski definition) is 4. The number of hydrogen-bond donors (Lipinski definition) is 0. The first-order chi connectivity index (χ1) is 5.74. The molecule has 0 aliphatic carbocycles. The van der Waals surface area contributed by atoms with Gasteiger partial charge in [-0.2, -0.15) is 0 Å². The topological polar surface area (TPSA) is 27.7 Å². The Morgan fingerprint density at radius 1 is 1.23 bits per heavy atom. The average Bonchev–Trinajstić information content (AvgIpc) is 2.05. The predicted molar refractivity (Wildman–Crippen MR) is 60.6 cm³/mol. The summed E-state index contributed by atoms with van der Waals surface area (Å²) in [6.45, 7) is 5.27. The first-order valence-electron chi connectivity index (χ1n) is 4.04. The van der Waals surface area contributed by atoms with Crippen molar-refractivity contribution in [2.24, 2.45) is 0 Å². The van der Waals surface area contributed by atoms with E-state index in [1.54, 1.807) is 7.11 Å². The monoisotopic (exact) mass is 231 g/mol. The summed E-state index contributed by atoms with van der Waals surface area (Å²) in [4.78, 5) is 0.